The highest BCUT2D eigenvalue weighted by Gasteiger charge is 2.33. The Bertz CT molecular complexity index is 528. The molecule has 0 spiro atoms. The molecule has 0 saturated carbocycles. The van der Waals surface area contributed by atoms with Crippen LogP contribution in [0.3, 0.4) is 0 Å². The first kappa shape index (κ1) is 14.6. The third kappa shape index (κ3) is 2.84. The third-order valence-corrected chi connectivity index (χ3v) is 4.03. The molecule has 1 unspecified atom stereocenters. The summed E-state index contributed by atoms with van der Waals surface area (Å²) in [4.78, 5) is 25.1. The van der Waals surface area contributed by atoms with Gasteiger partial charge in [-0.3, -0.25) is 4.79 Å². The Labute approximate surface area is 119 Å². The number of aryl methyl sites for hydroxylation is 3. The first-order chi connectivity index (χ1) is 9.40. The normalized spacial score (nSPS) is 18.4. The van der Waals surface area contributed by atoms with E-state index in [0.29, 0.717) is 19.4 Å². The number of amides is 1. The van der Waals surface area contributed by atoms with Crippen LogP contribution in [0.4, 0.5) is 0 Å². The molecule has 1 atom stereocenters. The zero-order valence-corrected chi connectivity index (χ0v) is 12.3. The van der Waals surface area contributed by atoms with Crippen molar-refractivity contribution in [3.63, 3.8) is 0 Å². The van der Waals surface area contributed by atoms with Crippen molar-refractivity contribution in [1.29, 1.82) is 0 Å². The van der Waals surface area contributed by atoms with Gasteiger partial charge in [-0.25, -0.2) is 4.79 Å². The molecular weight excluding hydrogens is 254 g/mol. The van der Waals surface area contributed by atoms with Gasteiger partial charge in [-0.1, -0.05) is 17.7 Å². The molecule has 1 aromatic rings. The number of aliphatic carboxylic acids is 1. The van der Waals surface area contributed by atoms with E-state index in [1.54, 1.807) is 0 Å². The summed E-state index contributed by atoms with van der Waals surface area (Å²) in [7, 11) is 0. The van der Waals surface area contributed by atoms with Gasteiger partial charge in [-0.2, -0.15) is 0 Å². The van der Waals surface area contributed by atoms with Crippen LogP contribution >= 0.6 is 0 Å². The van der Waals surface area contributed by atoms with Gasteiger partial charge in [0.25, 0.3) is 0 Å². The van der Waals surface area contributed by atoms with Crippen LogP contribution in [0.25, 0.3) is 0 Å². The van der Waals surface area contributed by atoms with Gasteiger partial charge in [0.15, 0.2) is 0 Å². The summed E-state index contributed by atoms with van der Waals surface area (Å²) in [6.07, 6.45) is 1.63. The van der Waals surface area contributed by atoms with Gasteiger partial charge in [0, 0.05) is 6.54 Å². The van der Waals surface area contributed by atoms with Gasteiger partial charge in [-0.15, -0.1) is 0 Å². The lowest BCUT2D eigenvalue weighted by atomic mass is 9.97. The number of carboxylic acid groups (broad SMARTS) is 1. The molecule has 1 saturated heterocycles. The van der Waals surface area contributed by atoms with Crippen LogP contribution in [0, 0.1) is 20.8 Å². The molecule has 2 rings (SSSR count). The molecule has 0 aliphatic carbocycles. The van der Waals surface area contributed by atoms with Crippen LogP contribution in [0.2, 0.25) is 0 Å². The van der Waals surface area contributed by atoms with Gasteiger partial charge in [0.2, 0.25) is 5.91 Å². The second kappa shape index (κ2) is 5.65. The highest BCUT2D eigenvalue weighted by molar-refractivity contribution is 5.86. The monoisotopic (exact) mass is 275 g/mol. The highest BCUT2D eigenvalue weighted by Crippen LogP contribution is 2.22. The second-order valence-corrected chi connectivity index (χ2v) is 5.64. The molecule has 0 radical (unpaired) electrons. The number of hydrogen-bond donors (Lipinski definition) is 1. The van der Waals surface area contributed by atoms with E-state index >= 15 is 0 Å². The minimum absolute atomic E-state index is 0.0787. The fourth-order valence-corrected chi connectivity index (χ4v) is 3.06. The molecular formula is C16H21NO3. The van der Waals surface area contributed by atoms with Crippen LogP contribution in [0.5, 0.6) is 0 Å². The lowest BCUT2D eigenvalue weighted by Gasteiger charge is -2.22. The molecule has 1 aliphatic rings. The number of benzene rings is 1. The van der Waals surface area contributed by atoms with Crippen molar-refractivity contribution in [2.45, 2.75) is 46.1 Å². The van der Waals surface area contributed by atoms with E-state index in [4.69, 9.17) is 5.11 Å². The topological polar surface area (TPSA) is 57.6 Å². The minimum Gasteiger partial charge on any atom is -0.480 e. The number of carbonyl (C=O) groups excluding carboxylic acids is 1. The third-order valence-electron chi connectivity index (χ3n) is 4.03. The van der Waals surface area contributed by atoms with Crippen molar-refractivity contribution in [3.05, 3.63) is 34.4 Å². The van der Waals surface area contributed by atoms with Gasteiger partial charge < -0.3 is 10.0 Å². The predicted octanol–water partition coefficient (Wildman–Crippen LogP) is 2.23. The maximum Gasteiger partial charge on any atom is 0.326 e. The number of nitrogens with zero attached hydrogens (tertiary/aromatic N) is 1. The van der Waals surface area contributed by atoms with E-state index in [0.717, 1.165) is 23.1 Å². The average Bonchev–Trinajstić information content (AvgIpc) is 2.82. The number of hydrogen-bond acceptors (Lipinski definition) is 2. The SMILES string of the molecule is Cc1cc(C)c(CC(=O)N2CCCC2C(=O)O)c(C)c1. The van der Waals surface area contributed by atoms with E-state index in [-0.39, 0.29) is 5.91 Å². The van der Waals surface area contributed by atoms with Crippen LogP contribution in [-0.2, 0) is 16.0 Å². The highest BCUT2D eigenvalue weighted by atomic mass is 16.4. The maximum atomic E-state index is 12.4. The van der Waals surface area contributed by atoms with Crippen LogP contribution < -0.4 is 0 Å². The summed E-state index contributed by atoms with van der Waals surface area (Å²) in [5.41, 5.74) is 4.40. The van der Waals surface area contributed by atoms with Crippen molar-refractivity contribution < 1.29 is 14.7 Å². The van der Waals surface area contributed by atoms with Crippen molar-refractivity contribution >= 4 is 11.9 Å². The van der Waals surface area contributed by atoms with Crippen LogP contribution in [0.1, 0.15) is 35.1 Å². The molecule has 1 heterocycles. The number of rotatable bonds is 3. The fraction of sp³-hybridized carbons (Fsp3) is 0.500. The molecule has 1 N–H and O–H groups in total. The first-order valence-corrected chi connectivity index (χ1v) is 6.99. The predicted molar refractivity (Wildman–Crippen MR) is 76.7 cm³/mol. The summed E-state index contributed by atoms with van der Waals surface area (Å²) < 4.78 is 0. The minimum atomic E-state index is -0.895. The summed E-state index contributed by atoms with van der Waals surface area (Å²) in [5.74, 6) is -0.974. The van der Waals surface area contributed by atoms with E-state index in [1.165, 1.54) is 10.5 Å². The standard InChI is InChI=1S/C16H21NO3/c1-10-7-11(2)13(12(3)8-10)9-15(18)17-6-4-5-14(17)16(19)20/h7-8,14H,4-6,9H2,1-3H3,(H,19,20). The summed E-state index contributed by atoms with van der Waals surface area (Å²) >= 11 is 0. The van der Waals surface area contributed by atoms with E-state index in [1.807, 2.05) is 20.8 Å². The van der Waals surface area contributed by atoms with Gasteiger partial charge >= 0.3 is 5.97 Å². The number of carboxylic acids is 1. The van der Waals surface area contributed by atoms with Crippen molar-refractivity contribution in [2.24, 2.45) is 0 Å². The maximum absolute atomic E-state index is 12.4. The van der Waals surface area contributed by atoms with Crippen LogP contribution in [0.15, 0.2) is 12.1 Å². The molecule has 20 heavy (non-hydrogen) atoms. The Kier molecular flexibility index (Phi) is 4.12. The van der Waals surface area contributed by atoms with Crippen molar-refractivity contribution in [2.75, 3.05) is 6.54 Å². The van der Waals surface area contributed by atoms with Gasteiger partial charge in [0.1, 0.15) is 6.04 Å². The molecule has 1 fully saturated rings. The van der Waals surface area contributed by atoms with E-state index in [9.17, 15) is 9.59 Å². The molecule has 4 heteroatoms. The second-order valence-electron chi connectivity index (χ2n) is 5.64. The van der Waals surface area contributed by atoms with Crippen LogP contribution in [-0.4, -0.2) is 34.5 Å². The Morgan fingerprint density at radius 2 is 1.85 bits per heavy atom. The summed E-state index contributed by atoms with van der Waals surface area (Å²) in [6, 6.07) is 3.48. The molecule has 1 aliphatic heterocycles. The molecule has 108 valence electrons. The first-order valence-electron chi connectivity index (χ1n) is 6.99. The Morgan fingerprint density at radius 1 is 1.25 bits per heavy atom. The number of carbonyl (C=O) groups is 2. The molecule has 1 aromatic carbocycles. The van der Waals surface area contributed by atoms with E-state index in [2.05, 4.69) is 12.1 Å². The molecule has 1 amide bonds. The Hall–Kier alpha value is -1.84. The largest absolute Gasteiger partial charge is 0.480 e. The van der Waals surface area contributed by atoms with Crippen molar-refractivity contribution in [1.82, 2.24) is 4.90 Å². The van der Waals surface area contributed by atoms with Crippen molar-refractivity contribution in [3.8, 4) is 0 Å². The smallest absolute Gasteiger partial charge is 0.326 e. The number of likely N-dealkylation sites (tertiary alicyclic amines) is 1. The zero-order chi connectivity index (χ0) is 14.9. The lowest BCUT2D eigenvalue weighted by molar-refractivity contribution is -0.148. The Balaban J connectivity index is 2.18. The summed E-state index contributed by atoms with van der Waals surface area (Å²) in [5, 5.41) is 9.15. The summed E-state index contributed by atoms with van der Waals surface area (Å²) in [6.45, 7) is 6.59. The fourth-order valence-electron chi connectivity index (χ4n) is 3.06. The zero-order valence-electron chi connectivity index (χ0n) is 12.3. The molecule has 0 bridgehead atoms. The molecule has 0 aromatic heterocycles. The molecule has 4 nitrogen and oxygen atoms in total. The lowest BCUT2D eigenvalue weighted by Crippen LogP contribution is -2.41. The van der Waals surface area contributed by atoms with Gasteiger partial charge in [-0.05, 0) is 50.3 Å². The van der Waals surface area contributed by atoms with E-state index < -0.39 is 12.0 Å². The average molecular weight is 275 g/mol. The quantitative estimate of drug-likeness (QED) is 0.920. The Morgan fingerprint density at radius 3 is 2.40 bits per heavy atom. The van der Waals surface area contributed by atoms with Gasteiger partial charge in [0.05, 0.1) is 6.42 Å².